The van der Waals surface area contributed by atoms with Gasteiger partial charge in [0, 0.05) is 25.3 Å². The summed E-state index contributed by atoms with van der Waals surface area (Å²) in [4.78, 5) is 34.3. The van der Waals surface area contributed by atoms with E-state index in [4.69, 9.17) is 0 Å². The van der Waals surface area contributed by atoms with Crippen LogP contribution in [0.5, 0.6) is 0 Å². The van der Waals surface area contributed by atoms with E-state index in [0.717, 1.165) is 32.2 Å². The molecular formula is C18H23N5O2. The van der Waals surface area contributed by atoms with Crippen molar-refractivity contribution in [2.75, 3.05) is 13.1 Å². The van der Waals surface area contributed by atoms with E-state index in [1.165, 1.54) is 6.33 Å². The summed E-state index contributed by atoms with van der Waals surface area (Å²) in [6, 6.07) is 3.71. The van der Waals surface area contributed by atoms with Gasteiger partial charge in [0.1, 0.15) is 11.9 Å². The zero-order valence-corrected chi connectivity index (χ0v) is 14.7. The summed E-state index contributed by atoms with van der Waals surface area (Å²) in [5.74, 6) is 0.0234. The first-order valence-corrected chi connectivity index (χ1v) is 8.95. The number of amides is 2. The number of hydrogen-bond donors (Lipinski definition) is 0. The molecule has 2 aromatic rings. The average Bonchev–Trinajstić information content (AvgIpc) is 3.23. The van der Waals surface area contributed by atoms with Crippen molar-refractivity contribution in [1.82, 2.24) is 24.4 Å². The fraction of sp³-hybridized carbons (Fsp3) is 0.556. The summed E-state index contributed by atoms with van der Waals surface area (Å²) in [5.41, 5.74) is 0.581. The third-order valence-corrected chi connectivity index (χ3v) is 5.53. The van der Waals surface area contributed by atoms with Gasteiger partial charge in [-0.15, -0.1) is 0 Å². The third kappa shape index (κ3) is 2.41. The molecule has 1 unspecified atom stereocenters. The van der Waals surface area contributed by atoms with Crippen LogP contribution in [-0.2, 0) is 4.79 Å². The van der Waals surface area contributed by atoms with Crippen molar-refractivity contribution in [2.24, 2.45) is 0 Å². The lowest BCUT2D eigenvalue weighted by Crippen LogP contribution is -2.62. The normalized spacial score (nSPS) is 24.0. The SMILES string of the molecule is CC(C)N1CCCC2(CCCN2C(=O)c2ccc3ncnn3c2)C1=O. The van der Waals surface area contributed by atoms with Crippen LogP contribution in [0, 0.1) is 0 Å². The van der Waals surface area contributed by atoms with Crippen LogP contribution in [0.25, 0.3) is 5.65 Å². The van der Waals surface area contributed by atoms with E-state index in [1.807, 2.05) is 23.6 Å². The molecule has 2 amide bonds. The quantitative estimate of drug-likeness (QED) is 0.834. The molecule has 7 nitrogen and oxygen atoms in total. The van der Waals surface area contributed by atoms with Crippen molar-refractivity contribution in [1.29, 1.82) is 0 Å². The number of carbonyl (C=O) groups excluding carboxylic acids is 2. The van der Waals surface area contributed by atoms with Crippen LogP contribution in [0.1, 0.15) is 49.9 Å². The van der Waals surface area contributed by atoms with E-state index in [9.17, 15) is 9.59 Å². The van der Waals surface area contributed by atoms with Gasteiger partial charge < -0.3 is 9.80 Å². The maximum absolute atomic E-state index is 13.2. The fourth-order valence-corrected chi connectivity index (χ4v) is 4.27. The highest BCUT2D eigenvalue weighted by molar-refractivity contribution is 6.00. The van der Waals surface area contributed by atoms with Gasteiger partial charge in [0.15, 0.2) is 5.65 Å². The summed E-state index contributed by atoms with van der Waals surface area (Å²) in [6.07, 6.45) is 6.49. The Morgan fingerprint density at radius 1 is 1.20 bits per heavy atom. The summed E-state index contributed by atoms with van der Waals surface area (Å²) < 4.78 is 1.60. The van der Waals surface area contributed by atoms with Gasteiger partial charge in [-0.1, -0.05) is 0 Å². The maximum atomic E-state index is 13.2. The average molecular weight is 341 g/mol. The number of rotatable bonds is 2. The van der Waals surface area contributed by atoms with Crippen molar-refractivity contribution in [2.45, 2.75) is 51.1 Å². The molecule has 4 heterocycles. The van der Waals surface area contributed by atoms with Crippen LogP contribution in [0.15, 0.2) is 24.7 Å². The number of piperidine rings is 1. The number of pyridine rings is 1. The molecule has 7 heteroatoms. The second kappa shape index (κ2) is 5.82. The Bertz CT molecular complexity index is 830. The molecule has 0 aliphatic carbocycles. The van der Waals surface area contributed by atoms with E-state index in [0.29, 0.717) is 17.8 Å². The maximum Gasteiger partial charge on any atom is 0.256 e. The van der Waals surface area contributed by atoms with Crippen LogP contribution in [0.4, 0.5) is 0 Å². The lowest BCUT2D eigenvalue weighted by Gasteiger charge is -2.46. The molecule has 1 spiro atoms. The van der Waals surface area contributed by atoms with E-state index >= 15 is 0 Å². The Balaban J connectivity index is 1.68. The van der Waals surface area contributed by atoms with Gasteiger partial charge in [0.2, 0.25) is 5.91 Å². The summed E-state index contributed by atoms with van der Waals surface area (Å²) in [7, 11) is 0. The summed E-state index contributed by atoms with van der Waals surface area (Å²) in [6.45, 7) is 5.49. The zero-order valence-electron chi connectivity index (χ0n) is 14.7. The second-order valence-corrected chi connectivity index (χ2v) is 7.27. The minimum atomic E-state index is -0.670. The highest BCUT2D eigenvalue weighted by Gasteiger charge is 2.53. The predicted octanol–water partition coefficient (Wildman–Crippen LogP) is 1.73. The van der Waals surface area contributed by atoms with Crippen molar-refractivity contribution in [3.8, 4) is 0 Å². The van der Waals surface area contributed by atoms with Crippen LogP contribution >= 0.6 is 0 Å². The van der Waals surface area contributed by atoms with Crippen LogP contribution in [-0.4, -0.2) is 60.9 Å². The van der Waals surface area contributed by atoms with E-state index in [-0.39, 0.29) is 17.9 Å². The Morgan fingerprint density at radius 2 is 1.96 bits per heavy atom. The highest BCUT2D eigenvalue weighted by Crippen LogP contribution is 2.39. The van der Waals surface area contributed by atoms with Crippen LogP contribution in [0.3, 0.4) is 0 Å². The predicted molar refractivity (Wildman–Crippen MR) is 92.1 cm³/mol. The standard InChI is InChI=1S/C18H23N5O2/c1-13(2)21-9-3-7-18(17(21)25)8-4-10-22(18)16(24)14-5-6-15-19-12-20-23(15)11-14/h5-6,11-13H,3-4,7-10H2,1-2H3. The van der Waals surface area contributed by atoms with Gasteiger partial charge in [-0.2, -0.15) is 5.10 Å². The first kappa shape index (κ1) is 16.1. The number of aromatic nitrogens is 3. The number of nitrogens with zero attached hydrogens (tertiary/aromatic N) is 5. The number of likely N-dealkylation sites (tertiary alicyclic amines) is 2. The molecule has 25 heavy (non-hydrogen) atoms. The van der Waals surface area contributed by atoms with E-state index < -0.39 is 5.54 Å². The van der Waals surface area contributed by atoms with Gasteiger partial charge in [-0.05, 0) is 51.7 Å². The van der Waals surface area contributed by atoms with Gasteiger partial charge in [-0.25, -0.2) is 9.50 Å². The minimum absolute atomic E-state index is 0.0890. The first-order chi connectivity index (χ1) is 12.0. The van der Waals surface area contributed by atoms with Gasteiger partial charge in [0.05, 0.1) is 5.56 Å². The Labute approximate surface area is 146 Å². The van der Waals surface area contributed by atoms with Gasteiger partial charge in [0.25, 0.3) is 5.91 Å². The van der Waals surface area contributed by atoms with Crippen molar-refractivity contribution >= 4 is 17.5 Å². The first-order valence-electron chi connectivity index (χ1n) is 8.95. The molecule has 2 aliphatic heterocycles. The molecule has 2 aliphatic rings. The molecule has 4 rings (SSSR count). The lowest BCUT2D eigenvalue weighted by molar-refractivity contribution is -0.147. The molecule has 0 bridgehead atoms. The molecule has 1 atom stereocenters. The molecule has 0 radical (unpaired) electrons. The lowest BCUT2D eigenvalue weighted by atomic mass is 9.84. The molecule has 2 fully saturated rings. The highest BCUT2D eigenvalue weighted by atomic mass is 16.2. The van der Waals surface area contributed by atoms with Crippen LogP contribution in [0.2, 0.25) is 0 Å². The van der Waals surface area contributed by atoms with Gasteiger partial charge in [-0.3, -0.25) is 9.59 Å². The molecule has 2 aromatic heterocycles. The molecule has 0 aromatic carbocycles. The smallest absolute Gasteiger partial charge is 0.256 e. The number of carbonyl (C=O) groups is 2. The topological polar surface area (TPSA) is 70.8 Å². The zero-order chi connectivity index (χ0) is 17.6. The van der Waals surface area contributed by atoms with Crippen molar-refractivity contribution < 1.29 is 9.59 Å². The van der Waals surface area contributed by atoms with Crippen molar-refractivity contribution in [3.63, 3.8) is 0 Å². The third-order valence-electron chi connectivity index (χ3n) is 5.53. The monoisotopic (exact) mass is 341 g/mol. The summed E-state index contributed by atoms with van der Waals surface area (Å²) in [5, 5.41) is 4.10. The Hall–Kier alpha value is -2.44. The Morgan fingerprint density at radius 3 is 2.72 bits per heavy atom. The largest absolute Gasteiger partial charge is 0.338 e. The van der Waals surface area contributed by atoms with E-state index in [2.05, 4.69) is 10.1 Å². The summed E-state index contributed by atoms with van der Waals surface area (Å²) >= 11 is 0. The van der Waals surface area contributed by atoms with Crippen LogP contribution < -0.4 is 0 Å². The fourth-order valence-electron chi connectivity index (χ4n) is 4.27. The minimum Gasteiger partial charge on any atom is -0.338 e. The molecule has 2 saturated heterocycles. The van der Waals surface area contributed by atoms with Crippen molar-refractivity contribution in [3.05, 3.63) is 30.2 Å². The molecule has 132 valence electrons. The second-order valence-electron chi connectivity index (χ2n) is 7.27. The van der Waals surface area contributed by atoms with Gasteiger partial charge >= 0.3 is 0 Å². The Kier molecular flexibility index (Phi) is 3.74. The molecule has 0 saturated carbocycles. The van der Waals surface area contributed by atoms with E-state index in [1.54, 1.807) is 22.8 Å². The number of hydrogen-bond acceptors (Lipinski definition) is 4. The molecule has 0 N–H and O–H groups in total. The number of fused-ring (bicyclic) bond motifs is 1. The molecular weight excluding hydrogens is 318 g/mol.